The minimum Gasteiger partial charge on any atom is -0.470 e. The van der Waals surface area contributed by atoms with Gasteiger partial charge in [-0.1, -0.05) is 18.2 Å². The molecule has 2 saturated heterocycles. The normalized spacial score (nSPS) is 21.5. The molecule has 0 N–H and O–H groups in total. The second kappa shape index (κ2) is 8.21. The number of para-hydroxylation sites is 1. The number of alkyl halides is 3. The van der Waals surface area contributed by atoms with Gasteiger partial charge in [-0.25, -0.2) is 4.79 Å². The molecule has 6 rings (SSSR count). The SMILES string of the molecule is N#Cc1cc(C(F)(F)F)ccc1Oc1ccccc1COc1nc(=O)n2c(c1F)N1C[C@@H]3C[C@]1(CO3)C2. The van der Waals surface area contributed by atoms with E-state index in [1.165, 1.54) is 10.6 Å². The van der Waals surface area contributed by atoms with Crippen LogP contribution in [0.3, 0.4) is 0 Å². The molecule has 1 spiro atoms. The summed E-state index contributed by atoms with van der Waals surface area (Å²) in [5, 5.41) is 9.33. The number of nitriles is 1. The Hall–Kier alpha value is -4.11. The van der Waals surface area contributed by atoms with Gasteiger partial charge in [-0.2, -0.15) is 27.8 Å². The number of rotatable bonds is 5. The van der Waals surface area contributed by atoms with Gasteiger partial charge in [0.15, 0.2) is 5.82 Å². The molecule has 0 unspecified atom stereocenters. The summed E-state index contributed by atoms with van der Waals surface area (Å²) in [5.74, 6) is -0.977. The van der Waals surface area contributed by atoms with E-state index in [2.05, 4.69) is 4.98 Å². The first-order chi connectivity index (χ1) is 17.7. The molecule has 3 aliphatic heterocycles. The Kier molecular flexibility index (Phi) is 5.17. The van der Waals surface area contributed by atoms with Gasteiger partial charge in [0.05, 0.1) is 35.9 Å². The number of hydrogen-bond acceptors (Lipinski definition) is 7. The van der Waals surface area contributed by atoms with Crippen LogP contribution in [0, 0.1) is 17.1 Å². The molecular weight excluding hydrogens is 496 g/mol. The third-order valence-corrected chi connectivity index (χ3v) is 6.91. The van der Waals surface area contributed by atoms with Crippen LogP contribution in [0.5, 0.6) is 17.4 Å². The van der Waals surface area contributed by atoms with Crippen LogP contribution >= 0.6 is 0 Å². The maximum Gasteiger partial charge on any atom is 0.416 e. The summed E-state index contributed by atoms with van der Waals surface area (Å²) in [7, 11) is 0. The minimum atomic E-state index is -4.61. The van der Waals surface area contributed by atoms with E-state index in [1.807, 2.05) is 4.90 Å². The van der Waals surface area contributed by atoms with Crippen LogP contribution < -0.4 is 20.1 Å². The van der Waals surface area contributed by atoms with Crippen LogP contribution in [0.4, 0.5) is 23.4 Å². The fourth-order valence-electron chi connectivity index (χ4n) is 5.19. The van der Waals surface area contributed by atoms with E-state index < -0.39 is 34.7 Å². The van der Waals surface area contributed by atoms with Gasteiger partial charge in [-0.3, -0.25) is 4.57 Å². The number of fused-ring (bicyclic) bond motifs is 3. The van der Waals surface area contributed by atoms with E-state index in [0.29, 0.717) is 37.7 Å². The molecule has 2 atom stereocenters. The highest BCUT2D eigenvalue weighted by Gasteiger charge is 2.57. The molecule has 190 valence electrons. The quantitative estimate of drug-likeness (QED) is 0.476. The number of benzene rings is 2. The van der Waals surface area contributed by atoms with Crippen LogP contribution in [0.15, 0.2) is 47.3 Å². The number of morpholine rings is 1. The highest BCUT2D eigenvalue weighted by molar-refractivity contribution is 5.54. The summed E-state index contributed by atoms with van der Waals surface area (Å²) in [6, 6.07) is 10.7. The van der Waals surface area contributed by atoms with Crippen LogP contribution in [0.2, 0.25) is 0 Å². The molecule has 2 fully saturated rings. The van der Waals surface area contributed by atoms with E-state index in [1.54, 1.807) is 24.3 Å². The number of ether oxygens (including phenoxy) is 3. The predicted molar refractivity (Wildman–Crippen MR) is 120 cm³/mol. The third kappa shape index (κ3) is 3.77. The molecular formula is C25H18F4N4O4. The second-order valence-corrected chi connectivity index (χ2v) is 9.21. The van der Waals surface area contributed by atoms with Gasteiger partial charge in [-0.15, -0.1) is 0 Å². The van der Waals surface area contributed by atoms with Gasteiger partial charge in [-0.05, 0) is 24.3 Å². The Morgan fingerprint density at radius 3 is 2.78 bits per heavy atom. The van der Waals surface area contributed by atoms with E-state index in [-0.39, 0.29) is 35.6 Å². The highest BCUT2D eigenvalue weighted by atomic mass is 19.4. The van der Waals surface area contributed by atoms with E-state index in [4.69, 9.17) is 14.2 Å². The molecule has 8 nitrogen and oxygen atoms in total. The molecule has 0 amide bonds. The highest BCUT2D eigenvalue weighted by Crippen LogP contribution is 2.48. The average molecular weight is 514 g/mol. The summed E-state index contributed by atoms with van der Waals surface area (Å²) in [6.07, 6.45) is -3.90. The maximum atomic E-state index is 15.5. The van der Waals surface area contributed by atoms with Crippen molar-refractivity contribution >= 4 is 5.82 Å². The summed E-state index contributed by atoms with van der Waals surface area (Å²) < 4.78 is 72.9. The number of hydrogen-bond donors (Lipinski definition) is 0. The molecule has 0 aliphatic carbocycles. The standard InChI is InChI=1S/C25H18F4N4O4/c26-20-21(31-23(34)32-12-24-8-17(36-13-24)10-33(24)22(20)32)35-11-14-3-1-2-4-18(14)37-19-6-5-16(25(27,28)29)7-15(19)9-30/h1-7,17H,8,10-13H2/t17-,24+/m0/s1. The lowest BCUT2D eigenvalue weighted by atomic mass is 10.0. The Bertz CT molecular complexity index is 1520. The number of halogens is 4. The van der Waals surface area contributed by atoms with Crippen LogP contribution in [-0.4, -0.2) is 34.3 Å². The zero-order chi connectivity index (χ0) is 25.9. The molecule has 0 saturated carbocycles. The maximum absolute atomic E-state index is 15.5. The van der Waals surface area contributed by atoms with Crippen molar-refractivity contribution in [2.45, 2.75) is 37.4 Å². The zero-order valence-corrected chi connectivity index (χ0v) is 19.1. The average Bonchev–Trinajstić information content (AvgIpc) is 3.54. The molecule has 3 aliphatic rings. The number of aromatic nitrogens is 2. The molecule has 1 aromatic heterocycles. The molecule has 4 heterocycles. The zero-order valence-electron chi connectivity index (χ0n) is 19.1. The first kappa shape index (κ1) is 23.3. The first-order valence-electron chi connectivity index (χ1n) is 11.4. The fourth-order valence-corrected chi connectivity index (χ4v) is 5.19. The first-order valence-corrected chi connectivity index (χ1v) is 11.4. The van der Waals surface area contributed by atoms with Crippen molar-refractivity contribution in [2.75, 3.05) is 18.1 Å². The third-order valence-electron chi connectivity index (χ3n) is 6.91. The monoisotopic (exact) mass is 514 g/mol. The molecule has 0 radical (unpaired) electrons. The lowest BCUT2D eigenvalue weighted by molar-refractivity contribution is -0.137. The summed E-state index contributed by atoms with van der Waals surface area (Å²) >= 11 is 0. The molecule has 2 bridgehead atoms. The molecule has 3 aromatic rings. The van der Waals surface area contributed by atoms with Crippen LogP contribution in [-0.2, 0) is 24.1 Å². The van der Waals surface area contributed by atoms with Crippen molar-refractivity contribution in [2.24, 2.45) is 0 Å². The smallest absolute Gasteiger partial charge is 0.416 e. The predicted octanol–water partition coefficient (Wildman–Crippen LogP) is 4.01. The Morgan fingerprint density at radius 2 is 2.03 bits per heavy atom. The second-order valence-electron chi connectivity index (χ2n) is 9.21. The van der Waals surface area contributed by atoms with Crippen molar-refractivity contribution in [3.63, 3.8) is 0 Å². The van der Waals surface area contributed by atoms with Gasteiger partial charge < -0.3 is 19.1 Å². The summed E-state index contributed by atoms with van der Waals surface area (Å²) in [4.78, 5) is 18.3. The van der Waals surface area contributed by atoms with Crippen molar-refractivity contribution in [3.8, 4) is 23.4 Å². The van der Waals surface area contributed by atoms with Gasteiger partial charge in [0.1, 0.15) is 24.2 Å². The Balaban J connectivity index is 1.26. The molecule has 2 aromatic carbocycles. The van der Waals surface area contributed by atoms with Crippen molar-refractivity contribution in [1.82, 2.24) is 9.55 Å². The summed E-state index contributed by atoms with van der Waals surface area (Å²) in [6.45, 7) is 0.938. The Morgan fingerprint density at radius 1 is 1.22 bits per heavy atom. The molecule has 12 heteroatoms. The lowest BCUT2D eigenvalue weighted by Crippen LogP contribution is -2.46. The Labute approximate surface area is 207 Å². The minimum absolute atomic E-state index is 0.00619. The largest absolute Gasteiger partial charge is 0.470 e. The number of nitrogens with zero attached hydrogens (tertiary/aromatic N) is 4. The van der Waals surface area contributed by atoms with E-state index >= 15 is 4.39 Å². The fraction of sp³-hybridized carbons (Fsp3) is 0.320. The topological polar surface area (TPSA) is 89.6 Å². The van der Waals surface area contributed by atoms with Crippen LogP contribution in [0.25, 0.3) is 0 Å². The van der Waals surface area contributed by atoms with Gasteiger partial charge >= 0.3 is 11.9 Å². The van der Waals surface area contributed by atoms with Gasteiger partial charge in [0.25, 0.3) is 5.88 Å². The van der Waals surface area contributed by atoms with Gasteiger partial charge in [0, 0.05) is 18.5 Å². The molecule has 37 heavy (non-hydrogen) atoms. The van der Waals surface area contributed by atoms with Gasteiger partial charge in [0.2, 0.25) is 5.82 Å². The summed E-state index contributed by atoms with van der Waals surface area (Å²) in [5.41, 5.74) is -1.96. The lowest BCUT2D eigenvalue weighted by Gasteiger charge is -2.32. The van der Waals surface area contributed by atoms with E-state index in [0.717, 1.165) is 12.1 Å². The van der Waals surface area contributed by atoms with Crippen LogP contribution in [0.1, 0.15) is 23.1 Å². The van der Waals surface area contributed by atoms with Crippen molar-refractivity contribution < 1.29 is 31.8 Å². The van der Waals surface area contributed by atoms with E-state index in [9.17, 15) is 23.2 Å². The van der Waals surface area contributed by atoms with Crippen molar-refractivity contribution in [1.29, 1.82) is 5.26 Å². The van der Waals surface area contributed by atoms with Crippen molar-refractivity contribution in [3.05, 3.63) is 75.5 Å². The number of anilines is 1.